The van der Waals surface area contributed by atoms with Gasteiger partial charge in [0.05, 0.1) is 0 Å². The van der Waals surface area contributed by atoms with Crippen molar-refractivity contribution >= 4 is 11.0 Å². The molecule has 0 unspecified atom stereocenters. The maximum absolute atomic E-state index is 13.1. The van der Waals surface area contributed by atoms with E-state index in [1.807, 2.05) is 4.98 Å². The first kappa shape index (κ1) is 8.61. The first-order valence-corrected chi connectivity index (χ1v) is 3.66. The zero-order chi connectivity index (χ0) is 10.3. The summed E-state index contributed by atoms with van der Waals surface area (Å²) < 4.78 is 26.2. The monoisotopic (exact) mass is 198 g/mol. The van der Waals surface area contributed by atoms with Gasteiger partial charge in [-0.2, -0.15) is 0 Å². The molecule has 0 radical (unpaired) electrons. The predicted octanol–water partition coefficient (Wildman–Crippen LogP) is 0.907. The van der Waals surface area contributed by atoms with Crippen LogP contribution < -0.4 is 5.56 Å². The molecular formula is C8H4F2N2O2. The van der Waals surface area contributed by atoms with Gasteiger partial charge in [0, 0.05) is 6.20 Å². The van der Waals surface area contributed by atoms with Gasteiger partial charge in [-0.1, -0.05) is 0 Å². The molecule has 4 nitrogen and oxygen atoms in total. The second-order valence-electron chi connectivity index (χ2n) is 2.63. The summed E-state index contributed by atoms with van der Waals surface area (Å²) in [6, 6.07) is 0.981. The molecule has 72 valence electrons. The molecule has 2 aromatic heterocycles. The fourth-order valence-corrected chi connectivity index (χ4v) is 1.11. The summed E-state index contributed by atoms with van der Waals surface area (Å²) in [4.78, 5) is 16.3. The van der Waals surface area contributed by atoms with Crippen LogP contribution in [-0.4, -0.2) is 15.1 Å². The van der Waals surface area contributed by atoms with E-state index in [0.717, 1.165) is 12.3 Å². The maximum atomic E-state index is 13.1. The van der Waals surface area contributed by atoms with E-state index in [0.29, 0.717) is 0 Å². The Morgan fingerprint density at radius 3 is 2.86 bits per heavy atom. The number of halogens is 2. The van der Waals surface area contributed by atoms with E-state index in [2.05, 4.69) is 4.98 Å². The van der Waals surface area contributed by atoms with E-state index < -0.39 is 28.5 Å². The van der Waals surface area contributed by atoms with Crippen LogP contribution in [0, 0.1) is 11.6 Å². The second-order valence-corrected chi connectivity index (χ2v) is 2.63. The standard InChI is InChI=1S/C8H4F2N2O2/c9-3-1-2-11-6-4(10)7(13)8(14)12-5(3)6/h1-2,13H,(H,12,14). The first-order chi connectivity index (χ1) is 6.61. The number of hydrogen-bond donors (Lipinski definition) is 2. The first-order valence-electron chi connectivity index (χ1n) is 3.66. The van der Waals surface area contributed by atoms with Crippen molar-refractivity contribution < 1.29 is 13.9 Å². The summed E-state index contributed by atoms with van der Waals surface area (Å²) in [5.74, 6) is -3.11. The molecular weight excluding hydrogens is 194 g/mol. The van der Waals surface area contributed by atoms with Gasteiger partial charge in [0.15, 0.2) is 11.6 Å². The highest BCUT2D eigenvalue weighted by molar-refractivity contribution is 5.76. The van der Waals surface area contributed by atoms with Gasteiger partial charge < -0.3 is 10.1 Å². The third-order valence-electron chi connectivity index (χ3n) is 1.77. The lowest BCUT2D eigenvalue weighted by molar-refractivity contribution is 0.427. The Kier molecular flexibility index (Phi) is 1.70. The minimum atomic E-state index is -1.22. The summed E-state index contributed by atoms with van der Waals surface area (Å²) in [5, 5.41) is 8.91. The summed E-state index contributed by atoms with van der Waals surface area (Å²) in [5.41, 5.74) is -1.84. The lowest BCUT2D eigenvalue weighted by Gasteiger charge is -2.00. The Labute approximate surface area is 75.8 Å². The van der Waals surface area contributed by atoms with Gasteiger partial charge in [0.1, 0.15) is 11.0 Å². The van der Waals surface area contributed by atoms with Gasteiger partial charge >= 0.3 is 0 Å². The minimum absolute atomic E-state index is 0.354. The highest BCUT2D eigenvalue weighted by Crippen LogP contribution is 2.19. The van der Waals surface area contributed by atoms with E-state index in [-0.39, 0.29) is 5.52 Å². The van der Waals surface area contributed by atoms with Crippen LogP contribution in [0.15, 0.2) is 17.1 Å². The Balaban J connectivity index is 3.06. The van der Waals surface area contributed by atoms with Gasteiger partial charge in [-0.25, -0.2) is 8.78 Å². The van der Waals surface area contributed by atoms with Gasteiger partial charge in [0.25, 0.3) is 5.56 Å². The van der Waals surface area contributed by atoms with Crippen molar-refractivity contribution in [1.82, 2.24) is 9.97 Å². The smallest absolute Gasteiger partial charge is 0.293 e. The number of rotatable bonds is 0. The van der Waals surface area contributed by atoms with Crippen molar-refractivity contribution in [1.29, 1.82) is 0 Å². The van der Waals surface area contributed by atoms with Gasteiger partial charge in [-0.15, -0.1) is 0 Å². The van der Waals surface area contributed by atoms with E-state index in [1.54, 1.807) is 0 Å². The lowest BCUT2D eigenvalue weighted by Crippen LogP contribution is -2.09. The third kappa shape index (κ3) is 1.04. The van der Waals surface area contributed by atoms with Crippen LogP contribution in [0.4, 0.5) is 8.78 Å². The van der Waals surface area contributed by atoms with E-state index in [4.69, 9.17) is 5.11 Å². The summed E-state index contributed by atoms with van der Waals surface area (Å²) in [6.07, 6.45) is 1.04. The number of fused-ring (bicyclic) bond motifs is 1. The SMILES string of the molecule is O=c1[nH]c2c(F)ccnc2c(F)c1O. The Morgan fingerprint density at radius 1 is 1.43 bits per heavy atom. The molecule has 14 heavy (non-hydrogen) atoms. The Morgan fingerprint density at radius 2 is 2.14 bits per heavy atom. The van der Waals surface area contributed by atoms with Crippen LogP contribution in [0.25, 0.3) is 11.0 Å². The molecule has 0 fully saturated rings. The normalized spacial score (nSPS) is 10.7. The van der Waals surface area contributed by atoms with E-state index in [1.165, 1.54) is 0 Å². The van der Waals surface area contributed by atoms with Crippen molar-refractivity contribution in [3.8, 4) is 5.75 Å². The van der Waals surface area contributed by atoms with Crippen molar-refractivity contribution in [2.45, 2.75) is 0 Å². The molecule has 0 aliphatic carbocycles. The van der Waals surface area contributed by atoms with Crippen LogP contribution in [0.5, 0.6) is 5.75 Å². The van der Waals surface area contributed by atoms with Gasteiger partial charge in [-0.3, -0.25) is 9.78 Å². The number of aromatic hydroxyl groups is 1. The van der Waals surface area contributed by atoms with Crippen LogP contribution in [0.2, 0.25) is 0 Å². The molecule has 0 amide bonds. The van der Waals surface area contributed by atoms with Crippen molar-refractivity contribution in [2.24, 2.45) is 0 Å². The van der Waals surface area contributed by atoms with Crippen LogP contribution in [0.1, 0.15) is 0 Å². The average molecular weight is 198 g/mol. The quantitative estimate of drug-likeness (QED) is 0.661. The number of aromatic amines is 1. The molecule has 2 aromatic rings. The number of nitrogens with one attached hydrogen (secondary N) is 1. The number of nitrogens with zero attached hydrogens (tertiary/aromatic N) is 1. The highest BCUT2D eigenvalue weighted by atomic mass is 19.1. The molecule has 2 heterocycles. The molecule has 0 aliphatic heterocycles. The van der Waals surface area contributed by atoms with Gasteiger partial charge in [-0.05, 0) is 6.07 Å². The molecule has 0 saturated carbocycles. The van der Waals surface area contributed by atoms with E-state index in [9.17, 15) is 13.6 Å². The molecule has 0 aliphatic rings. The molecule has 0 saturated heterocycles. The van der Waals surface area contributed by atoms with Crippen LogP contribution >= 0.6 is 0 Å². The molecule has 0 bridgehead atoms. The fourth-order valence-electron chi connectivity index (χ4n) is 1.11. The maximum Gasteiger partial charge on any atom is 0.293 e. The van der Waals surface area contributed by atoms with Crippen molar-refractivity contribution in [2.75, 3.05) is 0 Å². The number of H-pyrrole nitrogens is 1. The molecule has 0 atom stereocenters. The predicted molar refractivity (Wildman–Crippen MR) is 43.9 cm³/mol. The number of hydrogen-bond acceptors (Lipinski definition) is 3. The van der Waals surface area contributed by atoms with E-state index >= 15 is 0 Å². The molecule has 0 aromatic carbocycles. The van der Waals surface area contributed by atoms with Crippen molar-refractivity contribution in [3.63, 3.8) is 0 Å². The third-order valence-corrected chi connectivity index (χ3v) is 1.77. The topological polar surface area (TPSA) is 66.0 Å². The number of aromatic nitrogens is 2. The lowest BCUT2D eigenvalue weighted by atomic mass is 10.3. The molecule has 6 heteroatoms. The average Bonchev–Trinajstić information content (AvgIpc) is 2.17. The van der Waals surface area contributed by atoms with Crippen molar-refractivity contribution in [3.05, 3.63) is 34.3 Å². The Bertz CT molecular complexity index is 565. The molecule has 2 rings (SSSR count). The second kappa shape index (κ2) is 2.76. The summed E-state index contributed by atoms with van der Waals surface area (Å²) in [7, 11) is 0. The number of pyridine rings is 2. The Hall–Kier alpha value is -1.98. The molecule has 0 spiro atoms. The zero-order valence-electron chi connectivity index (χ0n) is 6.71. The van der Waals surface area contributed by atoms with Crippen LogP contribution in [-0.2, 0) is 0 Å². The highest BCUT2D eigenvalue weighted by Gasteiger charge is 2.14. The minimum Gasteiger partial charge on any atom is -0.501 e. The fraction of sp³-hybridized carbons (Fsp3) is 0. The van der Waals surface area contributed by atoms with Gasteiger partial charge in [0.2, 0.25) is 5.75 Å². The summed E-state index contributed by atoms with van der Waals surface area (Å²) in [6.45, 7) is 0. The summed E-state index contributed by atoms with van der Waals surface area (Å²) >= 11 is 0. The molecule has 2 N–H and O–H groups in total. The largest absolute Gasteiger partial charge is 0.501 e. The zero-order valence-corrected chi connectivity index (χ0v) is 6.71. The van der Waals surface area contributed by atoms with Crippen LogP contribution in [0.3, 0.4) is 0 Å².